The van der Waals surface area contributed by atoms with Crippen LogP contribution in [0, 0.1) is 6.92 Å². The van der Waals surface area contributed by atoms with E-state index in [9.17, 15) is 13.2 Å². The zero-order valence-corrected chi connectivity index (χ0v) is 17.6. The van der Waals surface area contributed by atoms with Gasteiger partial charge in [0.25, 0.3) is 10.0 Å². The molecule has 0 unspecified atom stereocenters. The van der Waals surface area contributed by atoms with Gasteiger partial charge in [-0.05, 0) is 67.6 Å². The highest BCUT2D eigenvalue weighted by Crippen LogP contribution is 2.20. The molecule has 154 valence electrons. The van der Waals surface area contributed by atoms with Crippen molar-refractivity contribution in [2.45, 2.75) is 11.8 Å². The van der Waals surface area contributed by atoms with Crippen molar-refractivity contribution in [2.75, 3.05) is 14.2 Å². The highest BCUT2D eigenvalue weighted by Gasteiger charge is 2.22. The zero-order chi connectivity index (χ0) is 21.7. The maximum absolute atomic E-state index is 13.2. The van der Waals surface area contributed by atoms with Gasteiger partial charge in [-0.25, -0.2) is 0 Å². The topological polar surface area (TPSA) is 82.0 Å². The maximum atomic E-state index is 13.2. The minimum absolute atomic E-state index is 0.0154. The summed E-state index contributed by atoms with van der Waals surface area (Å²) in [5.41, 5.74) is 1.41. The molecule has 0 bridgehead atoms. The Kier molecular flexibility index (Phi) is 6.32. The quantitative estimate of drug-likeness (QED) is 0.423. The second-order valence-corrected chi connectivity index (χ2v) is 8.12. The van der Waals surface area contributed by atoms with Crippen LogP contribution in [0.1, 0.15) is 21.5 Å². The molecule has 7 heteroatoms. The third kappa shape index (κ3) is 4.75. The van der Waals surface area contributed by atoms with Gasteiger partial charge in [0, 0.05) is 11.1 Å². The van der Waals surface area contributed by atoms with Crippen molar-refractivity contribution >= 4 is 21.5 Å². The molecule has 0 atom stereocenters. The van der Waals surface area contributed by atoms with Crippen molar-refractivity contribution in [3.8, 4) is 11.5 Å². The molecule has 0 aliphatic rings. The summed E-state index contributed by atoms with van der Waals surface area (Å²) in [6.07, 6.45) is 0. The van der Waals surface area contributed by atoms with E-state index in [1.165, 1.54) is 26.4 Å². The number of Topliss-reactive ketones (excluding diaryl/α,β-unsaturated/α-hetero) is 1. The first-order valence-corrected chi connectivity index (χ1v) is 10.5. The molecular formula is C23H21NO5S. The maximum Gasteiger partial charge on any atom is 0.283 e. The van der Waals surface area contributed by atoms with Crippen LogP contribution in [0.2, 0.25) is 0 Å². The van der Waals surface area contributed by atoms with Crippen LogP contribution in [0.25, 0.3) is 0 Å². The lowest BCUT2D eigenvalue weighted by molar-refractivity contribution is 0.106. The number of ether oxygens (including phenoxy) is 2. The lowest BCUT2D eigenvalue weighted by Gasteiger charge is -2.09. The predicted molar refractivity (Wildman–Crippen MR) is 115 cm³/mol. The molecule has 0 aliphatic carbocycles. The van der Waals surface area contributed by atoms with Gasteiger partial charge in [-0.15, -0.1) is 0 Å². The molecule has 0 radical (unpaired) electrons. The van der Waals surface area contributed by atoms with Crippen molar-refractivity contribution in [3.63, 3.8) is 0 Å². The lowest BCUT2D eigenvalue weighted by Crippen LogP contribution is -2.18. The molecule has 0 aromatic heterocycles. The molecule has 3 aromatic rings. The fraction of sp³-hybridized carbons (Fsp3) is 0.130. The number of sulfonamides is 1. The first-order chi connectivity index (χ1) is 14.3. The summed E-state index contributed by atoms with van der Waals surface area (Å²) in [5, 5.41) is 0. The molecule has 0 fully saturated rings. The van der Waals surface area contributed by atoms with Gasteiger partial charge in [0.05, 0.1) is 19.1 Å². The third-order valence-corrected chi connectivity index (χ3v) is 5.75. The van der Waals surface area contributed by atoms with E-state index in [0.29, 0.717) is 22.6 Å². The summed E-state index contributed by atoms with van der Waals surface area (Å²) in [6, 6.07) is 19.2. The summed E-state index contributed by atoms with van der Waals surface area (Å²) in [6.45, 7) is 1.86. The van der Waals surface area contributed by atoms with E-state index >= 15 is 0 Å². The Labute approximate surface area is 175 Å². The second kappa shape index (κ2) is 8.92. The summed E-state index contributed by atoms with van der Waals surface area (Å²) in [5.74, 6) is 0.650. The highest BCUT2D eigenvalue weighted by molar-refractivity contribution is 7.90. The summed E-state index contributed by atoms with van der Waals surface area (Å²) in [4.78, 5) is 13.2. The van der Waals surface area contributed by atoms with Gasteiger partial charge in [-0.2, -0.15) is 12.8 Å². The number of hydrogen-bond donors (Lipinski definition) is 0. The number of carbonyl (C=O) groups excluding carboxylic acids is 1. The Morgan fingerprint density at radius 3 is 1.67 bits per heavy atom. The number of ketones is 1. The normalized spacial score (nSPS) is 11.8. The van der Waals surface area contributed by atoms with Gasteiger partial charge in [0.1, 0.15) is 17.2 Å². The SMILES string of the molecule is COc1ccc(C(=O)/C(=N/S(=O)(=O)c2ccc(C)cc2)c2ccc(OC)cc2)cc1. The number of rotatable bonds is 7. The minimum Gasteiger partial charge on any atom is -0.497 e. The summed E-state index contributed by atoms with van der Waals surface area (Å²) in [7, 11) is -1.05. The minimum atomic E-state index is -4.09. The molecule has 6 nitrogen and oxygen atoms in total. The van der Waals surface area contributed by atoms with Gasteiger partial charge in [-0.1, -0.05) is 17.7 Å². The fourth-order valence-electron chi connectivity index (χ4n) is 2.74. The molecule has 3 aromatic carbocycles. The molecule has 3 rings (SSSR count). The van der Waals surface area contributed by atoms with Crippen LogP contribution in [-0.2, 0) is 10.0 Å². The van der Waals surface area contributed by atoms with E-state index in [1.54, 1.807) is 60.7 Å². The molecular weight excluding hydrogens is 402 g/mol. The van der Waals surface area contributed by atoms with E-state index in [1.807, 2.05) is 6.92 Å². The van der Waals surface area contributed by atoms with Gasteiger partial charge in [0.15, 0.2) is 0 Å². The molecule has 0 heterocycles. The van der Waals surface area contributed by atoms with Crippen molar-refractivity contribution in [1.29, 1.82) is 0 Å². The van der Waals surface area contributed by atoms with E-state index in [4.69, 9.17) is 9.47 Å². The van der Waals surface area contributed by atoms with Crippen molar-refractivity contribution < 1.29 is 22.7 Å². The number of benzene rings is 3. The zero-order valence-electron chi connectivity index (χ0n) is 16.8. The standard InChI is InChI=1S/C23H21NO5S/c1-16-4-14-21(15-5-16)30(26,27)24-22(17-6-10-19(28-2)11-7-17)23(25)18-8-12-20(29-3)13-9-18/h4-15H,1-3H3/b24-22+. The molecule has 0 saturated carbocycles. The molecule has 0 saturated heterocycles. The average molecular weight is 423 g/mol. The first kappa shape index (κ1) is 21.3. The Balaban J connectivity index is 2.11. The smallest absolute Gasteiger partial charge is 0.283 e. The monoisotopic (exact) mass is 423 g/mol. The Morgan fingerprint density at radius 1 is 0.733 bits per heavy atom. The Hall–Kier alpha value is -3.45. The average Bonchev–Trinajstić information content (AvgIpc) is 2.77. The Morgan fingerprint density at radius 2 is 1.20 bits per heavy atom. The van der Waals surface area contributed by atoms with Crippen molar-refractivity contribution in [1.82, 2.24) is 0 Å². The van der Waals surface area contributed by atoms with Crippen LogP contribution in [0.15, 0.2) is 82.1 Å². The number of nitrogens with zero attached hydrogens (tertiary/aromatic N) is 1. The van der Waals surface area contributed by atoms with Gasteiger partial charge >= 0.3 is 0 Å². The fourth-order valence-corrected chi connectivity index (χ4v) is 3.75. The lowest BCUT2D eigenvalue weighted by atomic mass is 10.0. The van der Waals surface area contributed by atoms with Crippen molar-refractivity contribution in [3.05, 3.63) is 89.5 Å². The third-order valence-electron chi connectivity index (χ3n) is 4.46. The highest BCUT2D eigenvalue weighted by atomic mass is 32.2. The van der Waals surface area contributed by atoms with Crippen LogP contribution in [0.5, 0.6) is 11.5 Å². The van der Waals surface area contributed by atoms with E-state index in [-0.39, 0.29) is 10.6 Å². The van der Waals surface area contributed by atoms with Gasteiger partial charge in [-0.3, -0.25) is 4.79 Å². The molecule has 30 heavy (non-hydrogen) atoms. The Bertz CT molecular complexity index is 1160. The molecule has 0 N–H and O–H groups in total. The number of hydrogen-bond acceptors (Lipinski definition) is 5. The summed E-state index contributed by atoms with van der Waals surface area (Å²) < 4.78 is 40.0. The number of methoxy groups -OCH3 is 2. The van der Waals surface area contributed by atoms with Gasteiger partial charge in [0.2, 0.25) is 5.78 Å². The van der Waals surface area contributed by atoms with E-state index < -0.39 is 15.8 Å². The number of carbonyl (C=O) groups is 1. The number of aryl methyl sites for hydroxylation is 1. The van der Waals surface area contributed by atoms with E-state index in [0.717, 1.165) is 5.56 Å². The molecule has 0 amide bonds. The second-order valence-electron chi connectivity index (χ2n) is 6.51. The van der Waals surface area contributed by atoms with Gasteiger partial charge < -0.3 is 9.47 Å². The molecule has 0 aliphatic heterocycles. The largest absolute Gasteiger partial charge is 0.497 e. The van der Waals surface area contributed by atoms with Crippen LogP contribution in [0.3, 0.4) is 0 Å². The van der Waals surface area contributed by atoms with Crippen LogP contribution in [0.4, 0.5) is 0 Å². The van der Waals surface area contributed by atoms with Crippen LogP contribution < -0.4 is 9.47 Å². The van der Waals surface area contributed by atoms with Crippen LogP contribution >= 0.6 is 0 Å². The first-order valence-electron chi connectivity index (χ1n) is 9.09. The molecule has 0 spiro atoms. The van der Waals surface area contributed by atoms with Crippen molar-refractivity contribution in [2.24, 2.45) is 4.40 Å². The van der Waals surface area contributed by atoms with E-state index in [2.05, 4.69) is 4.40 Å². The predicted octanol–water partition coefficient (Wildman–Crippen LogP) is 4.07. The van der Waals surface area contributed by atoms with Crippen LogP contribution in [-0.4, -0.2) is 34.1 Å². The summed E-state index contributed by atoms with van der Waals surface area (Å²) >= 11 is 0.